The van der Waals surface area contributed by atoms with Crippen molar-refractivity contribution in [2.24, 2.45) is 0 Å². The van der Waals surface area contributed by atoms with Crippen LogP contribution in [-0.2, 0) is 5.75 Å². The number of benzene rings is 2. The minimum Gasteiger partial charge on any atom is -0.211 e. The highest BCUT2D eigenvalue weighted by Crippen LogP contribution is 2.27. The Kier molecular flexibility index (Phi) is 4.53. The summed E-state index contributed by atoms with van der Waals surface area (Å²) in [6, 6.07) is 18.6. The van der Waals surface area contributed by atoms with Crippen molar-refractivity contribution >= 4 is 35.3 Å². The van der Waals surface area contributed by atoms with Gasteiger partial charge in [0.05, 0.1) is 5.69 Å². The van der Waals surface area contributed by atoms with Crippen LogP contribution in [0, 0.1) is 10.9 Å². The molecule has 2 nitrogen and oxygen atoms in total. The molecule has 21 heavy (non-hydrogen) atoms. The Bertz CT molecular complexity index is 773. The van der Waals surface area contributed by atoms with E-state index in [0.29, 0.717) is 0 Å². The molecule has 0 N–H and O–H groups in total. The summed E-state index contributed by atoms with van der Waals surface area (Å²) in [5, 5.41) is 4.61. The standard InChI is InChI=1S/C16H14N2S3/c1-12-7-9-13(10-8-12)11-20-15-17-18(16(19)21-15)14-5-3-2-4-6-14/h2-10H,11H2,1H3. The summed E-state index contributed by atoms with van der Waals surface area (Å²) >= 11 is 8.70. The molecule has 0 saturated heterocycles. The predicted molar refractivity (Wildman–Crippen MR) is 93.0 cm³/mol. The molecule has 0 unspecified atom stereocenters. The van der Waals surface area contributed by atoms with Crippen LogP contribution in [0.3, 0.4) is 0 Å². The number of thioether (sulfide) groups is 1. The van der Waals surface area contributed by atoms with Crippen LogP contribution in [0.2, 0.25) is 0 Å². The van der Waals surface area contributed by atoms with Crippen molar-refractivity contribution in [2.75, 3.05) is 0 Å². The number of hydrogen-bond acceptors (Lipinski definition) is 4. The van der Waals surface area contributed by atoms with Crippen molar-refractivity contribution in [3.05, 3.63) is 69.7 Å². The third kappa shape index (κ3) is 3.61. The number of nitrogens with zero attached hydrogens (tertiary/aromatic N) is 2. The summed E-state index contributed by atoms with van der Waals surface area (Å²) < 4.78 is 3.62. The van der Waals surface area contributed by atoms with Crippen molar-refractivity contribution in [3.8, 4) is 5.69 Å². The van der Waals surface area contributed by atoms with Gasteiger partial charge in [-0.1, -0.05) is 71.1 Å². The maximum Gasteiger partial charge on any atom is 0.184 e. The Hall–Kier alpha value is -1.43. The first kappa shape index (κ1) is 14.5. The summed E-state index contributed by atoms with van der Waals surface area (Å²) in [7, 11) is 0. The minimum atomic E-state index is 0.785. The molecular formula is C16H14N2S3. The molecule has 2 aromatic carbocycles. The number of para-hydroxylation sites is 1. The Balaban J connectivity index is 1.76. The Morgan fingerprint density at radius 1 is 1.10 bits per heavy atom. The van der Waals surface area contributed by atoms with Crippen LogP contribution in [0.25, 0.3) is 5.69 Å². The van der Waals surface area contributed by atoms with Gasteiger partial charge in [0.15, 0.2) is 8.29 Å². The largest absolute Gasteiger partial charge is 0.211 e. The molecule has 106 valence electrons. The second kappa shape index (κ2) is 6.56. The molecule has 0 fully saturated rings. The van der Waals surface area contributed by atoms with E-state index >= 15 is 0 Å². The fourth-order valence-electron chi connectivity index (χ4n) is 1.88. The molecule has 0 atom stereocenters. The van der Waals surface area contributed by atoms with Gasteiger partial charge in [-0.15, -0.1) is 5.10 Å². The van der Waals surface area contributed by atoms with Crippen molar-refractivity contribution in [1.29, 1.82) is 0 Å². The van der Waals surface area contributed by atoms with Crippen molar-refractivity contribution in [3.63, 3.8) is 0 Å². The van der Waals surface area contributed by atoms with E-state index in [-0.39, 0.29) is 0 Å². The van der Waals surface area contributed by atoms with Gasteiger partial charge >= 0.3 is 0 Å². The molecule has 0 aliphatic carbocycles. The molecule has 0 radical (unpaired) electrons. The third-order valence-corrected chi connectivity index (χ3v) is 5.45. The summed E-state index contributed by atoms with van der Waals surface area (Å²) in [4.78, 5) is 0. The van der Waals surface area contributed by atoms with Crippen LogP contribution in [-0.4, -0.2) is 9.78 Å². The van der Waals surface area contributed by atoms with Gasteiger partial charge in [-0.2, -0.15) is 0 Å². The second-order valence-corrected chi connectivity index (χ2v) is 7.50. The van der Waals surface area contributed by atoms with Crippen LogP contribution in [0.4, 0.5) is 0 Å². The highest BCUT2D eigenvalue weighted by molar-refractivity contribution is 8.00. The van der Waals surface area contributed by atoms with E-state index in [0.717, 1.165) is 19.7 Å². The van der Waals surface area contributed by atoms with E-state index in [1.54, 1.807) is 23.1 Å². The van der Waals surface area contributed by atoms with Crippen LogP contribution >= 0.6 is 35.3 Å². The van der Waals surface area contributed by atoms with Gasteiger partial charge < -0.3 is 0 Å². The van der Waals surface area contributed by atoms with E-state index in [9.17, 15) is 0 Å². The zero-order valence-corrected chi connectivity index (χ0v) is 14.0. The average molecular weight is 331 g/mol. The minimum absolute atomic E-state index is 0.785. The first-order chi connectivity index (χ1) is 10.2. The number of hydrogen-bond donors (Lipinski definition) is 0. The van der Waals surface area contributed by atoms with Gasteiger partial charge in [0.1, 0.15) is 0 Å². The Labute approximate surface area is 137 Å². The fraction of sp³-hybridized carbons (Fsp3) is 0.125. The van der Waals surface area contributed by atoms with Gasteiger partial charge in [0, 0.05) is 5.75 Å². The molecule has 0 spiro atoms. The fourth-order valence-corrected chi connectivity index (χ4v) is 4.20. The summed E-state index contributed by atoms with van der Waals surface area (Å²) in [6.07, 6.45) is 0. The molecule has 0 aliphatic rings. The molecule has 3 aromatic rings. The molecule has 0 aliphatic heterocycles. The number of aromatic nitrogens is 2. The first-order valence-electron chi connectivity index (χ1n) is 6.56. The molecule has 0 amide bonds. The lowest BCUT2D eigenvalue weighted by molar-refractivity contribution is 0.829. The van der Waals surface area contributed by atoms with E-state index in [1.165, 1.54) is 11.1 Å². The van der Waals surface area contributed by atoms with E-state index in [1.807, 2.05) is 35.0 Å². The van der Waals surface area contributed by atoms with Crippen molar-refractivity contribution < 1.29 is 0 Å². The van der Waals surface area contributed by atoms with Crippen LogP contribution in [0.15, 0.2) is 58.9 Å². The topological polar surface area (TPSA) is 17.8 Å². The number of aryl methyl sites for hydroxylation is 1. The lowest BCUT2D eigenvalue weighted by Gasteiger charge is -2.00. The Morgan fingerprint density at radius 3 is 2.52 bits per heavy atom. The van der Waals surface area contributed by atoms with Gasteiger partial charge in [0.2, 0.25) is 0 Å². The predicted octanol–water partition coefficient (Wildman–Crippen LogP) is 5.26. The van der Waals surface area contributed by atoms with Crippen LogP contribution < -0.4 is 0 Å². The van der Waals surface area contributed by atoms with E-state index in [2.05, 4.69) is 36.3 Å². The monoisotopic (exact) mass is 330 g/mol. The van der Waals surface area contributed by atoms with Gasteiger partial charge in [-0.25, -0.2) is 4.68 Å². The first-order valence-corrected chi connectivity index (χ1v) is 8.77. The lowest BCUT2D eigenvalue weighted by Crippen LogP contribution is -1.95. The summed E-state index contributed by atoms with van der Waals surface area (Å²) in [5.74, 6) is 0.914. The molecule has 1 heterocycles. The van der Waals surface area contributed by atoms with Gasteiger partial charge in [-0.3, -0.25) is 0 Å². The molecule has 5 heteroatoms. The second-order valence-electron chi connectivity index (χ2n) is 4.66. The quantitative estimate of drug-likeness (QED) is 0.480. The van der Waals surface area contributed by atoms with Gasteiger partial charge in [-0.05, 0) is 36.8 Å². The zero-order chi connectivity index (χ0) is 14.7. The average Bonchev–Trinajstić information content (AvgIpc) is 2.89. The normalized spacial score (nSPS) is 10.7. The SMILES string of the molecule is Cc1ccc(CSc2nn(-c3ccccc3)c(=S)s2)cc1. The molecule has 0 bridgehead atoms. The molecular weight excluding hydrogens is 316 g/mol. The van der Waals surface area contributed by atoms with E-state index < -0.39 is 0 Å². The summed E-state index contributed by atoms with van der Waals surface area (Å²) in [6.45, 7) is 2.10. The van der Waals surface area contributed by atoms with E-state index in [4.69, 9.17) is 12.2 Å². The lowest BCUT2D eigenvalue weighted by atomic mass is 10.2. The maximum absolute atomic E-state index is 5.41. The van der Waals surface area contributed by atoms with Gasteiger partial charge in [0.25, 0.3) is 0 Å². The van der Waals surface area contributed by atoms with Crippen molar-refractivity contribution in [2.45, 2.75) is 17.0 Å². The molecule has 1 aromatic heterocycles. The highest BCUT2D eigenvalue weighted by Gasteiger charge is 2.06. The zero-order valence-electron chi connectivity index (χ0n) is 11.5. The summed E-state index contributed by atoms with van der Waals surface area (Å²) in [5.41, 5.74) is 3.60. The van der Waals surface area contributed by atoms with Crippen LogP contribution in [0.5, 0.6) is 0 Å². The third-order valence-electron chi connectivity index (χ3n) is 3.01. The Morgan fingerprint density at radius 2 is 1.81 bits per heavy atom. The maximum atomic E-state index is 5.41. The van der Waals surface area contributed by atoms with Crippen molar-refractivity contribution in [1.82, 2.24) is 9.78 Å². The smallest absolute Gasteiger partial charge is 0.184 e. The molecule has 3 rings (SSSR count). The number of rotatable bonds is 4. The van der Waals surface area contributed by atoms with Crippen LogP contribution in [0.1, 0.15) is 11.1 Å². The highest BCUT2D eigenvalue weighted by atomic mass is 32.2. The molecule has 0 saturated carbocycles.